The van der Waals surface area contributed by atoms with Crippen LogP contribution < -0.4 is 10.6 Å². The molecule has 0 aliphatic rings. The van der Waals surface area contributed by atoms with Crippen LogP contribution in [0.3, 0.4) is 0 Å². The smallest absolute Gasteiger partial charge is 0.159 e. The van der Waals surface area contributed by atoms with E-state index in [1.165, 1.54) is 32.5 Å². The van der Waals surface area contributed by atoms with Gasteiger partial charge in [0.2, 0.25) is 0 Å². The van der Waals surface area contributed by atoms with Crippen LogP contribution >= 0.6 is 15.9 Å². The van der Waals surface area contributed by atoms with Crippen molar-refractivity contribution in [2.45, 2.75) is 7.43 Å². The molecule has 18 aromatic rings. The monoisotopic (exact) mass is 1220 g/mol. The van der Waals surface area contributed by atoms with Crippen molar-refractivity contribution in [3.63, 3.8) is 0 Å². The lowest BCUT2D eigenvalue weighted by atomic mass is 9.98. The Morgan fingerprint density at radius 3 is 1.02 bits per heavy atom. The maximum atomic E-state index is 7.07. The molecule has 3 radical (unpaired) electrons. The Kier molecular flexibility index (Phi) is 15.0. The number of nitrogen functional groups attached to an aromatic ring is 1. The van der Waals surface area contributed by atoms with E-state index in [1.54, 1.807) is 0 Å². The number of fused-ring (bicyclic) bond motifs is 15. The molecule has 3 aromatic heterocycles. The highest BCUT2D eigenvalue weighted by Gasteiger charge is 2.27. The lowest BCUT2D eigenvalue weighted by Gasteiger charge is -2.27. The molecule has 0 spiro atoms. The van der Waals surface area contributed by atoms with Crippen LogP contribution in [0.15, 0.2) is 327 Å². The first kappa shape index (κ1) is 56.7. The maximum absolute atomic E-state index is 7.07. The van der Waals surface area contributed by atoms with Crippen molar-refractivity contribution >= 4 is 156 Å². The first-order valence-corrected chi connectivity index (χ1v) is 30.3. The molecule has 0 atom stereocenters. The highest BCUT2D eigenvalue weighted by molar-refractivity contribution is 9.10. The number of hydrogen-bond acceptors (Lipinski definition) is 5. The zero-order chi connectivity index (χ0) is 58.7. The lowest BCUT2D eigenvalue weighted by molar-refractivity contribution is 0.667. The number of nitrogens with zero attached hydrogens (tertiary/aromatic N) is 1. The molecule has 0 saturated carbocycles. The Hall–Kier alpha value is -11.1. The van der Waals surface area contributed by atoms with Crippen LogP contribution in [-0.4, -0.2) is 8.41 Å². The number of benzene rings is 15. The van der Waals surface area contributed by atoms with Crippen LogP contribution in [-0.2, 0) is 0 Å². The minimum Gasteiger partial charge on any atom is -0.454 e. The van der Waals surface area contributed by atoms with Gasteiger partial charge in [-0.15, -0.1) is 0 Å². The second-order valence-corrected chi connectivity index (χ2v) is 23.0. The van der Waals surface area contributed by atoms with Gasteiger partial charge in [0.15, 0.2) is 11.2 Å². The first-order valence-electron chi connectivity index (χ1n) is 29.5. The van der Waals surface area contributed by atoms with Crippen LogP contribution in [0.25, 0.3) is 142 Å². The Balaban J connectivity index is 0.000000155. The van der Waals surface area contributed by atoms with E-state index in [0.717, 1.165) is 137 Å². The molecule has 3 heterocycles. The van der Waals surface area contributed by atoms with E-state index in [1.807, 2.05) is 66.7 Å². The van der Waals surface area contributed by atoms with E-state index < -0.39 is 0 Å². The van der Waals surface area contributed by atoms with E-state index in [9.17, 15) is 0 Å². The van der Waals surface area contributed by atoms with Gasteiger partial charge in [-0.2, -0.15) is 0 Å². The highest BCUT2D eigenvalue weighted by atomic mass is 79.9. The molecule has 18 rings (SSSR count). The Morgan fingerprint density at radius 2 is 0.567 bits per heavy atom. The number of halogens is 1. The molecule has 5 nitrogen and oxygen atoms in total. The van der Waals surface area contributed by atoms with Crippen molar-refractivity contribution in [3.05, 3.63) is 314 Å². The van der Waals surface area contributed by atoms with Crippen LogP contribution in [0.5, 0.6) is 0 Å². The molecule has 2 N–H and O–H groups in total. The fourth-order valence-corrected chi connectivity index (χ4v) is 13.4. The van der Waals surface area contributed by atoms with Gasteiger partial charge in [-0.05, 0) is 95.3 Å². The molecule has 0 unspecified atom stereocenters. The summed E-state index contributed by atoms with van der Waals surface area (Å²) in [4.78, 5) is 2.36. The molecule has 0 aliphatic heterocycles. The van der Waals surface area contributed by atoms with Crippen molar-refractivity contribution in [2.75, 3.05) is 10.6 Å². The molecule has 90 heavy (non-hydrogen) atoms. The largest absolute Gasteiger partial charge is 0.454 e. The van der Waals surface area contributed by atoms with Crippen molar-refractivity contribution in [2.24, 2.45) is 0 Å². The first-order chi connectivity index (χ1) is 43.5. The normalized spacial score (nSPS) is 11.3. The van der Waals surface area contributed by atoms with Crippen molar-refractivity contribution < 1.29 is 13.3 Å². The summed E-state index contributed by atoms with van der Waals surface area (Å²) in [6.07, 6.45) is 0. The van der Waals surface area contributed by atoms with Crippen LogP contribution in [0.1, 0.15) is 7.43 Å². The fraction of sp³-hybridized carbons (Fsp3) is 0.0120. The molecule has 0 saturated heterocycles. The summed E-state index contributed by atoms with van der Waals surface area (Å²) >= 11 is 3.56. The van der Waals surface area contributed by atoms with Gasteiger partial charge in [0, 0.05) is 73.9 Å². The minimum atomic E-state index is 0. The molecule has 15 aromatic carbocycles. The van der Waals surface area contributed by atoms with Gasteiger partial charge in [0.1, 0.15) is 22.3 Å². The molecule has 0 amide bonds. The second-order valence-electron chi connectivity index (χ2n) is 22.1. The summed E-state index contributed by atoms with van der Waals surface area (Å²) in [6, 6.07) is 108. The van der Waals surface area contributed by atoms with Gasteiger partial charge < -0.3 is 23.9 Å². The van der Waals surface area contributed by atoms with Gasteiger partial charge in [0.25, 0.3) is 0 Å². The second kappa shape index (κ2) is 23.9. The fourth-order valence-electron chi connectivity index (χ4n) is 13.0. The Labute approximate surface area is 531 Å². The van der Waals surface area contributed by atoms with E-state index in [2.05, 4.69) is 263 Å². The molecule has 0 bridgehead atoms. The number of nitrogens with two attached hydrogens (primary N) is 1. The van der Waals surface area contributed by atoms with Gasteiger partial charge in [-0.25, -0.2) is 0 Å². The molecular weight excluding hydrogens is 1160 g/mol. The predicted molar refractivity (Wildman–Crippen MR) is 387 cm³/mol. The Bertz CT molecular complexity index is 5520. The molecule has 0 aliphatic carbocycles. The van der Waals surface area contributed by atoms with E-state index >= 15 is 0 Å². The quantitative estimate of drug-likeness (QED) is 0.102. The van der Waals surface area contributed by atoms with Crippen LogP contribution in [0, 0.1) is 0 Å². The SMILES string of the molecule is Brc1cccc2c1oc1c(-c3ccccc3)cccc12.C.Nc1cc2ccccc2c2ccccc12.[B].c1ccc(-c2cccc3c2oc2c(N(c4cc5ccccc5c5ccccc45)c4cccc5c4oc4c(-c6ccccc6)cccc45)cccc23)cc1. The molecule has 7 heteroatoms. The summed E-state index contributed by atoms with van der Waals surface area (Å²) in [5.74, 6) is 0. The van der Waals surface area contributed by atoms with E-state index in [-0.39, 0.29) is 15.8 Å². The van der Waals surface area contributed by atoms with Crippen LogP contribution in [0.2, 0.25) is 0 Å². The van der Waals surface area contributed by atoms with E-state index in [4.69, 9.17) is 19.0 Å². The average Bonchev–Trinajstić information content (AvgIpc) is 1.55. The lowest BCUT2D eigenvalue weighted by Crippen LogP contribution is -2.11. The van der Waals surface area contributed by atoms with Gasteiger partial charge in [-0.1, -0.05) is 286 Å². The van der Waals surface area contributed by atoms with Gasteiger partial charge in [-0.3, -0.25) is 0 Å². The zero-order valence-corrected chi connectivity index (χ0v) is 49.7. The van der Waals surface area contributed by atoms with Gasteiger partial charge in [0.05, 0.1) is 21.5 Å². The number of anilines is 4. The third-order valence-corrected chi connectivity index (χ3v) is 17.6. The van der Waals surface area contributed by atoms with Crippen molar-refractivity contribution in [3.8, 4) is 33.4 Å². The predicted octanol–water partition coefficient (Wildman–Crippen LogP) is 24.4. The Morgan fingerprint density at radius 1 is 0.256 bits per heavy atom. The van der Waals surface area contributed by atoms with Crippen molar-refractivity contribution in [1.29, 1.82) is 0 Å². The van der Waals surface area contributed by atoms with E-state index in [0.29, 0.717) is 0 Å². The highest BCUT2D eigenvalue weighted by Crippen LogP contribution is 2.50. The molecule has 0 fully saturated rings. The number of rotatable bonds is 6. The summed E-state index contributed by atoms with van der Waals surface area (Å²) in [7, 11) is 0. The third-order valence-electron chi connectivity index (χ3n) is 17.0. The van der Waals surface area contributed by atoms with Crippen molar-refractivity contribution in [1.82, 2.24) is 0 Å². The number of para-hydroxylation sites is 6. The summed E-state index contributed by atoms with van der Waals surface area (Å²) < 4.78 is 21.2. The van der Waals surface area contributed by atoms with Gasteiger partial charge >= 0.3 is 0 Å². The summed E-state index contributed by atoms with van der Waals surface area (Å²) in [5, 5.41) is 16.1. The maximum Gasteiger partial charge on any atom is 0.159 e. The standard InChI is InChI=1S/C50H31NO2.C18H11BrO.C14H11N.CH4.B/c1-3-15-32(16-4-1)36-23-11-25-40-42-27-13-29-44(49(42)52-47(36)40)51(46-31-34-19-7-8-20-35(34)38-21-9-10-22-39(38)46)45-30-14-28-43-41-26-12-24-37(48(41)53-50(43)45)33-17-5-2-6-18-33;19-16-11-5-10-15-14-9-4-8-13(17(14)20-18(15)16)12-6-2-1-3-7-12;15-14-9-10-5-1-2-6-11(10)12-7-3-4-8-13(12)14;;/h1-31H;1-11H;1-9H,15H2;1H4;. The summed E-state index contributed by atoms with van der Waals surface area (Å²) in [5.41, 5.74) is 21.7. The molecule has 427 valence electrons. The summed E-state index contributed by atoms with van der Waals surface area (Å²) in [6.45, 7) is 0. The molecular formula is C83H57BBrN2O3. The topological polar surface area (TPSA) is 68.7 Å². The zero-order valence-electron chi connectivity index (χ0n) is 48.1. The minimum absolute atomic E-state index is 0. The number of hydrogen-bond donors (Lipinski definition) is 1. The third kappa shape index (κ3) is 9.77. The average molecular weight is 1220 g/mol. The van der Waals surface area contributed by atoms with Crippen LogP contribution in [0.4, 0.5) is 22.7 Å². The number of furan rings is 3.